The fourth-order valence-corrected chi connectivity index (χ4v) is 0.584. The number of hydrogen-bond acceptors (Lipinski definition) is 5. The molecule has 17 heavy (non-hydrogen) atoms. The number of carbonyl (C=O) groups is 2. The number of ether oxygens (including phenoxy) is 2. The molecule has 0 aliphatic rings. The molecule has 0 aliphatic carbocycles. The summed E-state index contributed by atoms with van der Waals surface area (Å²) >= 11 is 0. The van der Waals surface area contributed by atoms with Crippen LogP contribution in [-0.4, -0.2) is 30.8 Å². The van der Waals surface area contributed by atoms with E-state index in [4.69, 9.17) is 5.11 Å². The van der Waals surface area contributed by atoms with Gasteiger partial charge in [-0.2, -0.15) is 0 Å². The second kappa shape index (κ2) is 12.3. The van der Waals surface area contributed by atoms with Gasteiger partial charge in [-0.15, -0.1) is 0 Å². The molecule has 0 amide bonds. The van der Waals surface area contributed by atoms with E-state index in [2.05, 4.69) is 16.1 Å². The smallest absolute Gasteiger partial charge is 0.373 e. The minimum absolute atomic E-state index is 0.318. The highest BCUT2D eigenvalue weighted by Gasteiger charge is 2.05. The van der Waals surface area contributed by atoms with Crippen molar-refractivity contribution in [1.82, 2.24) is 0 Å². The quantitative estimate of drug-likeness (QED) is 0.347. The highest BCUT2D eigenvalue weighted by atomic mass is 16.5. The van der Waals surface area contributed by atoms with Crippen LogP contribution in [0.25, 0.3) is 0 Å². The molecule has 5 heteroatoms. The third kappa shape index (κ3) is 12.2. The second-order valence-corrected chi connectivity index (χ2v) is 2.89. The lowest BCUT2D eigenvalue weighted by Gasteiger charge is -2.01. The van der Waals surface area contributed by atoms with Crippen molar-refractivity contribution in [3.8, 4) is 0 Å². The third-order valence-corrected chi connectivity index (χ3v) is 1.58. The van der Waals surface area contributed by atoms with E-state index in [9.17, 15) is 9.59 Å². The maximum atomic E-state index is 10.7. The van der Waals surface area contributed by atoms with Crippen molar-refractivity contribution in [2.24, 2.45) is 0 Å². The first-order valence-electron chi connectivity index (χ1n) is 5.26. The average molecular weight is 244 g/mol. The van der Waals surface area contributed by atoms with Crippen molar-refractivity contribution >= 4 is 11.9 Å². The van der Waals surface area contributed by atoms with Crippen molar-refractivity contribution in [3.63, 3.8) is 0 Å². The number of carbonyl (C=O) groups excluding carboxylic acids is 2. The number of methoxy groups -OCH3 is 1. The zero-order chi connectivity index (χ0) is 13.7. The van der Waals surface area contributed by atoms with Gasteiger partial charge in [0.15, 0.2) is 5.76 Å². The number of hydrogen-bond donors (Lipinski definition) is 1. The monoisotopic (exact) mass is 244 g/mol. The molecule has 1 N–H and O–H groups in total. The van der Waals surface area contributed by atoms with Gasteiger partial charge < -0.3 is 14.6 Å². The first-order valence-corrected chi connectivity index (χ1v) is 5.26. The zero-order valence-corrected chi connectivity index (χ0v) is 10.6. The third-order valence-electron chi connectivity index (χ3n) is 1.58. The Morgan fingerprint density at radius 2 is 2.00 bits per heavy atom. The number of allylic oxidation sites excluding steroid dienone is 1. The molecule has 98 valence electrons. The molecule has 0 radical (unpaired) electrons. The highest BCUT2D eigenvalue weighted by molar-refractivity contribution is 5.85. The highest BCUT2D eigenvalue weighted by Crippen LogP contribution is 1.94. The minimum atomic E-state index is -0.638. The topological polar surface area (TPSA) is 72.8 Å². The molecule has 0 heterocycles. The molecule has 0 aromatic rings. The molecule has 0 aliphatic heterocycles. The Morgan fingerprint density at radius 3 is 2.29 bits per heavy atom. The maximum Gasteiger partial charge on any atom is 0.373 e. The number of esters is 2. The molecule has 0 atom stereocenters. The van der Waals surface area contributed by atoms with Crippen LogP contribution in [0.3, 0.4) is 0 Å². The SMILES string of the molecule is C=CC(=O)OC.CC=C(O)C(=O)OCCCC. The lowest BCUT2D eigenvalue weighted by molar-refractivity contribution is -0.142. The second-order valence-electron chi connectivity index (χ2n) is 2.89. The number of aliphatic hydroxyl groups is 1. The van der Waals surface area contributed by atoms with E-state index in [1.165, 1.54) is 13.2 Å². The maximum absolute atomic E-state index is 10.7. The minimum Gasteiger partial charge on any atom is -0.502 e. The predicted molar refractivity (Wildman–Crippen MR) is 64.5 cm³/mol. The predicted octanol–water partition coefficient (Wildman–Crippen LogP) is 2.14. The molecule has 0 unspecified atom stereocenters. The molecular weight excluding hydrogens is 224 g/mol. The summed E-state index contributed by atoms with van der Waals surface area (Å²) in [5.41, 5.74) is 0. The van der Waals surface area contributed by atoms with Crippen LogP contribution in [-0.2, 0) is 19.1 Å². The Kier molecular flexibility index (Phi) is 12.7. The van der Waals surface area contributed by atoms with E-state index in [0.29, 0.717) is 6.61 Å². The Hall–Kier alpha value is -1.78. The first-order chi connectivity index (χ1) is 8.03. The van der Waals surface area contributed by atoms with Gasteiger partial charge in [0.25, 0.3) is 0 Å². The zero-order valence-electron chi connectivity index (χ0n) is 10.6. The molecule has 5 nitrogen and oxygen atoms in total. The van der Waals surface area contributed by atoms with Crippen LogP contribution in [0.1, 0.15) is 26.7 Å². The normalized spacial score (nSPS) is 9.71. The van der Waals surface area contributed by atoms with Crippen molar-refractivity contribution in [3.05, 3.63) is 24.5 Å². The van der Waals surface area contributed by atoms with Gasteiger partial charge in [-0.25, -0.2) is 9.59 Å². The summed E-state index contributed by atoms with van der Waals surface area (Å²) in [7, 11) is 1.31. The summed E-state index contributed by atoms with van der Waals surface area (Å²) in [4.78, 5) is 20.5. The van der Waals surface area contributed by atoms with Gasteiger partial charge in [-0.3, -0.25) is 0 Å². The van der Waals surface area contributed by atoms with Crippen LogP contribution in [0.2, 0.25) is 0 Å². The van der Waals surface area contributed by atoms with Crippen molar-refractivity contribution in [2.75, 3.05) is 13.7 Å². The van der Waals surface area contributed by atoms with E-state index in [1.54, 1.807) is 6.92 Å². The van der Waals surface area contributed by atoms with Crippen LogP contribution < -0.4 is 0 Å². The number of unbranched alkanes of at least 4 members (excludes halogenated alkanes) is 1. The van der Waals surface area contributed by atoms with Gasteiger partial charge in [0, 0.05) is 6.08 Å². The Balaban J connectivity index is 0. The summed E-state index contributed by atoms with van der Waals surface area (Å²) in [6.45, 7) is 7.12. The van der Waals surface area contributed by atoms with E-state index in [-0.39, 0.29) is 5.76 Å². The van der Waals surface area contributed by atoms with Gasteiger partial charge in [-0.1, -0.05) is 19.9 Å². The largest absolute Gasteiger partial charge is 0.502 e. The first kappa shape index (κ1) is 17.6. The molecule has 0 aromatic heterocycles. The molecule has 0 bridgehead atoms. The summed E-state index contributed by atoms with van der Waals surface area (Å²) in [5, 5.41) is 8.81. The lowest BCUT2D eigenvalue weighted by Crippen LogP contribution is -2.08. The van der Waals surface area contributed by atoms with Gasteiger partial charge in [-0.05, 0) is 19.4 Å². The van der Waals surface area contributed by atoms with Crippen molar-refractivity contribution in [2.45, 2.75) is 26.7 Å². The van der Waals surface area contributed by atoms with Gasteiger partial charge in [0.2, 0.25) is 0 Å². The lowest BCUT2D eigenvalue weighted by atomic mass is 10.4. The van der Waals surface area contributed by atoms with Gasteiger partial charge in [0.05, 0.1) is 13.7 Å². The fourth-order valence-electron chi connectivity index (χ4n) is 0.584. The molecular formula is C12H20O5. The number of rotatable bonds is 5. The van der Waals surface area contributed by atoms with Crippen LogP contribution in [0, 0.1) is 0 Å². The van der Waals surface area contributed by atoms with Crippen LogP contribution in [0.4, 0.5) is 0 Å². The van der Waals surface area contributed by atoms with Gasteiger partial charge in [0.1, 0.15) is 0 Å². The average Bonchev–Trinajstić information content (AvgIpc) is 2.37. The summed E-state index contributed by atoms with van der Waals surface area (Å²) in [6, 6.07) is 0. The Bertz CT molecular complexity index is 268. The van der Waals surface area contributed by atoms with Crippen LogP contribution in [0.15, 0.2) is 24.5 Å². The molecule has 0 spiro atoms. The summed E-state index contributed by atoms with van der Waals surface area (Å²) in [6.07, 6.45) is 4.24. The molecule has 0 fully saturated rings. The molecule has 0 saturated heterocycles. The van der Waals surface area contributed by atoms with Crippen molar-refractivity contribution in [1.29, 1.82) is 0 Å². The molecule has 0 rings (SSSR count). The van der Waals surface area contributed by atoms with Crippen LogP contribution >= 0.6 is 0 Å². The van der Waals surface area contributed by atoms with E-state index >= 15 is 0 Å². The summed E-state index contributed by atoms with van der Waals surface area (Å²) in [5.74, 6) is -1.35. The van der Waals surface area contributed by atoms with Crippen molar-refractivity contribution < 1.29 is 24.2 Å². The molecule has 0 aromatic carbocycles. The Labute approximate surface area is 102 Å². The Morgan fingerprint density at radius 1 is 1.41 bits per heavy atom. The van der Waals surface area contributed by atoms with E-state index < -0.39 is 11.9 Å². The van der Waals surface area contributed by atoms with E-state index in [0.717, 1.165) is 18.9 Å². The van der Waals surface area contributed by atoms with Crippen LogP contribution in [0.5, 0.6) is 0 Å². The number of aliphatic hydroxyl groups excluding tert-OH is 1. The molecule has 0 saturated carbocycles. The standard InChI is InChI=1S/C8H14O3.C4H6O2/c1-3-5-6-11-8(10)7(9)4-2;1-3-4(5)6-2/h4,9H,3,5-6H2,1-2H3;3H,1H2,2H3. The van der Waals surface area contributed by atoms with E-state index in [1.807, 2.05) is 6.92 Å². The fraction of sp³-hybridized carbons (Fsp3) is 0.500. The summed E-state index contributed by atoms with van der Waals surface area (Å²) < 4.78 is 8.82. The van der Waals surface area contributed by atoms with Gasteiger partial charge >= 0.3 is 11.9 Å².